The molecule has 0 aromatic carbocycles. The lowest BCUT2D eigenvalue weighted by atomic mass is 9.77. The summed E-state index contributed by atoms with van der Waals surface area (Å²) in [6.07, 6.45) is 4.91. The molecule has 5 nitrogen and oxygen atoms in total. The van der Waals surface area contributed by atoms with E-state index in [9.17, 15) is 0 Å². The highest BCUT2D eigenvalue weighted by Crippen LogP contribution is 2.41. The Bertz CT molecular complexity index is 449. The zero-order chi connectivity index (χ0) is 14.7. The Morgan fingerprint density at radius 2 is 2.14 bits per heavy atom. The molecule has 3 N–H and O–H groups in total. The van der Waals surface area contributed by atoms with Crippen LogP contribution in [-0.2, 0) is 15.9 Å². The molecule has 3 rings (SSSR count). The van der Waals surface area contributed by atoms with E-state index in [1.54, 1.807) is 0 Å². The van der Waals surface area contributed by atoms with Crippen molar-refractivity contribution in [1.82, 2.24) is 5.43 Å². The van der Waals surface area contributed by atoms with Crippen molar-refractivity contribution in [3.8, 4) is 0 Å². The first-order valence-corrected chi connectivity index (χ1v) is 8.03. The third kappa shape index (κ3) is 3.16. The van der Waals surface area contributed by atoms with Crippen LogP contribution in [0.3, 0.4) is 0 Å². The molecule has 0 radical (unpaired) electrons. The predicted octanol–water partition coefficient (Wildman–Crippen LogP) is 2.32. The SMILES string of the molecule is CCc1ccc(C(NN)C2CCOC3(CCOCC3)C2)o1. The fraction of sp³-hybridized carbons (Fsp3) is 0.750. The molecule has 1 aromatic heterocycles. The molecule has 118 valence electrons. The van der Waals surface area contributed by atoms with Gasteiger partial charge in [-0.25, -0.2) is 5.43 Å². The molecule has 2 saturated heterocycles. The Hall–Kier alpha value is -0.880. The number of rotatable bonds is 4. The monoisotopic (exact) mass is 294 g/mol. The van der Waals surface area contributed by atoms with Gasteiger partial charge in [0, 0.05) is 26.2 Å². The number of nitrogens with two attached hydrogens (primary N) is 1. The van der Waals surface area contributed by atoms with Crippen LogP contribution in [-0.4, -0.2) is 25.4 Å². The molecule has 2 fully saturated rings. The largest absolute Gasteiger partial charge is 0.464 e. The van der Waals surface area contributed by atoms with Crippen molar-refractivity contribution in [2.45, 2.75) is 50.7 Å². The molecule has 0 aliphatic carbocycles. The van der Waals surface area contributed by atoms with Crippen LogP contribution in [0.4, 0.5) is 0 Å². The summed E-state index contributed by atoms with van der Waals surface area (Å²) in [7, 11) is 0. The van der Waals surface area contributed by atoms with Crippen molar-refractivity contribution >= 4 is 0 Å². The Kier molecular flexibility index (Phi) is 4.64. The molecular weight excluding hydrogens is 268 g/mol. The van der Waals surface area contributed by atoms with E-state index in [2.05, 4.69) is 18.4 Å². The van der Waals surface area contributed by atoms with Crippen LogP contribution >= 0.6 is 0 Å². The van der Waals surface area contributed by atoms with Gasteiger partial charge in [-0.05, 0) is 43.7 Å². The van der Waals surface area contributed by atoms with Gasteiger partial charge in [0.15, 0.2) is 0 Å². The molecule has 2 unspecified atom stereocenters. The van der Waals surface area contributed by atoms with Gasteiger partial charge in [0.1, 0.15) is 11.5 Å². The summed E-state index contributed by atoms with van der Waals surface area (Å²) < 4.78 is 17.5. The number of hydrazine groups is 1. The topological polar surface area (TPSA) is 69.7 Å². The number of hydrogen-bond acceptors (Lipinski definition) is 5. The summed E-state index contributed by atoms with van der Waals surface area (Å²) in [6, 6.07) is 4.16. The molecule has 0 bridgehead atoms. The minimum atomic E-state index is -0.0174. The van der Waals surface area contributed by atoms with Gasteiger partial charge in [-0.3, -0.25) is 5.84 Å². The van der Waals surface area contributed by atoms with E-state index in [1.807, 2.05) is 6.07 Å². The second-order valence-corrected chi connectivity index (χ2v) is 6.20. The van der Waals surface area contributed by atoms with E-state index < -0.39 is 0 Å². The van der Waals surface area contributed by atoms with E-state index in [1.165, 1.54) is 0 Å². The highest BCUT2D eigenvalue weighted by Gasteiger charge is 2.42. The highest BCUT2D eigenvalue weighted by molar-refractivity contribution is 5.12. The Morgan fingerprint density at radius 1 is 1.33 bits per heavy atom. The van der Waals surface area contributed by atoms with Crippen molar-refractivity contribution < 1.29 is 13.9 Å². The minimum absolute atomic E-state index is 0.0174. The number of furan rings is 1. The summed E-state index contributed by atoms with van der Waals surface area (Å²) in [4.78, 5) is 0. The first-order valence-electron chi connectivity index (χ1n) is 8.03. The lowest BCUT2D eigenvalue weighted by Gasteiger charge is -2.44. The number of aryl methyl sites for hydroxylation is 1. The maximum Gasteiger partial charge on any atom is 0.122 e. The molecule has 2 aliphatic rings. The van der Waals surface area contributed by atoms with Gasteiger partial charge in [0.25, 0.3) is 0 Å². The first kappa shape index (κ1) is 15.0. The van der Waals surface area contributed by atoms with E-state index >= 15 is 0 Å². The number of hydrogen-bond donors (Lipinski definition) is 2. The van der Waals surface area contributed by atoms with Crippen LogP contribution < -0.4 is 11.3 Å². The molecule has 3 heterocycles. The van der Waals surface area contributed by atoms with Gasteiger partial charge < -0.3 is 13.9 Å². The van der Waals surface area contributed by atoms with Crippen LogP contribution in [0.5, 0.6) is 0 Å². The van der Waals surface area contributed by atoms with Crippen LogP contribution in [0, 0.1) is 5.92 Å². The van der Waals surface area contributed by atoms with Gasteiger partial charge in [0.05, 0.1) is 11.6 Å². The molecule has 2 atom stereocenters. The normalized spacial score (nSPS) is 26.9. The predicted molar refractivity (Wildman–Crippen MR) is 79.6 cm³/mol. The van der Waals surface area contributed by atoms with Crippen LogP contribution in [0.15, 0.2) is 16.5 Å². The average Bonchev–Trinajstić information content (AvgIpc) is 2.98. The molecule has 2 aliphatic heterocycles. The van der Waals surface area contributed by atoms with Gasteiger partial charge >= 0.3 is 0 Å². The molecular formula is C16H26N2O3. The Balaban J connectivity index is 1.73. The molecule has 1 aromatic rings. The maximum absolute atomic E-state index is 6.11. The van der Waals surface area contributed by atoms with E-state index in [0.717, 1.165) is 63.4 Å². The summed E-state index contributed by atoms with van der Waals surface area (Å²) in [5.41, 5.74) is 2.95. The smallest absolute Gasteiger partial charge is 0.122 e. The lowest BCUT2D eigenvalue weighted by Crippen LogP contribution is -2.47. The van der Waals surface area contributed by atoms with Crippen molar-refractivity contribution in [1.29, 1.82) is 0 Å². The van der Waals surface area contributed by atoms with Crippen molar-refractivity contribution in [2.24, 2.45) is 11.8 Å². The van der Waals surface area contributed by atoms with Gasteiger partial charge in [-0.1, -0.05) is 6.92 Å². The maximum atomic E-state index is 6.11. The minimum Gasteiger partial charge on any atom is -0.464 e. The zero-order valence-electron chi connectivity index (χ0n) is 12.8. The summed E-state index contributed by atoms with van der Waals surface area (Å²) >= 11 is 0. The molecule has 21 heavy (non-hydrogen) atoms. The molecule has 0 saturated carbocycles. The standard InChI is InChI=1S/C16H26N2O3/c1-2-13-3-4-14(21-13)15(18-17)12-5-8-20-16(11-12)6-9-19-10-7-16/h3-4,12,15,18H,2,5-11,17H2,1H3. The summed E-state index contributed by atoms with van der Waals surface area (Å²) in [5.74, 6) is 8.23. The summed E-state index contributed by atoms with van der Waals surface area (Å²) in [5, 5.41) is 0. The molecule has 5 heteroatoms. The Morgan fingerprint density at radius 3 is 2.81 bits per heavy atom. The quantitative estimate of drug-likeness (QED) is 0.659. The van der Waals surface area contributed by atoms with Crippen LogP contribution in [0.25, 0.3) is 0 Å². The molecule has 0 amide bonds. The van der Waals surface area contributed by atoms with Crippen LogP contribution in [0.2, 0.25) is 0 Å². The Labute approximate surface area is 126 Å². The zero-order valence-corrected chi connectivity index (χ0v) is 12.8. The number of nitrogens with one attached hydrogen (secondary N) is 1. The van der Waals surface area contributed by atoms with Crippen molar-refractivity contribution in [3.05, 3.63) is 23.7 Å². The van der Waals surface area contributed by atoms with Gasteiger partial charge in [-0.15, -0.1) is 0 Å². The third-order valence-electron chi connectivity index (χ3n) is 4.92. The van der Waals surface area contributed by atoms with Gasteiger partial charge in [-0.2, -0.15) is 0 Å². The van der Waals surface area contributed by atoms with E-state index in [4.69, 9.17) is 19.7 Å². The molecule has 1 spiro atoms. The van der Waals surface area contributed by atoms with Crippen molar-refractivity contribution in [2.75, 3.05) is 19.8 Å². The number of ether oxygens (including phenoxy) is 2. The first-order chi connectivity index (χ1) is 10.3. The van der Waals surface area contributed by atoms with Gasteiger partial charge in [0.2, 0.25) is 0 Å². The van der Waals surface area contributed by atoms with Crippen LogP contribution in [0.1, 0.15) is 50.2 Å². The second kappa shape index (κ2) is 6.48. The fourth-order valence-electron chi connectivity index (χ4n) is 3.64. The lowest BCUT2D eigenvalue weighted by molar-refractivity contribution is -0.151. The highest BCUT2D eigenvalue weighted by atomic mass is 16.5. The average molecular weight is 294 g/mol. The fourth-order valence-corrected chi connectivity index (χ4v) is 3.64. The second-order valence-electron chi connectivity index (χ2n) is 6.20. The van der Waals surface area contributed by atoms with E-state index in [0.29, 0.717) is 5.92 Å². The summed E-state index contributed by atoms with van der Waals surface area (Å²) in [6.45, 7) is 4.49. The third-order valence-corrected chi connectivity index (χ3v) is 4.92. The van der Waals surface area contributed by atoms with E-state index in [-0.39, 0.29) is 11.6 Å². The van der Waals surface area contributed by atoms with Crippen molar-refractivity contribution in [3.63, 3.8) is 0 Å².